The van der Waals surface area contributed by atoms with E-state index in [0.717, 1.165) is 148 Å². The van der Waals surface area contributed by atoms with Crippen molar-refractivity contribution in [1.29, 1.82) is 0 Å². The van der Waals surface area contributed by atoms with Crippen molar-refractivity contribution >= 4 is 17.9 Å². The van der Waals surface area contributed by atoms with Crippen LogP contribution in [0.1, 0.15) is 278 Å². The molecule has 6 nitrogen and oxygen atoms in total. The minimum Gasteiger partial charge on any atom is -0.462 e. The molecule has 0 radical (unpaired) electrons. The molecule has 0 saturated carbocycles. The van der Waals surface area contributed by atoms with Gasteiger partial charge in [-0.1, -0.05) is 251 Å². The Morgan fingerprint density at radius 1 is 0.273 bits per heavy atom. The van der Waals surface area contributed by atoms with Gasteiger partial charge in [-0.05, 0) is 141 Å². The summed E-state index contributed by atoms with van der Waals surface area (Å²) in [6.07, 6.45) is 90.1. The van der Waals surface area contributed by atoms with E-state index in [-0.39, 0.29) is 31.1 Å². The Balaban J connectivity index is 4.50. The highest BCUT2D eigenvalue weighted by Crippen LogP contribution is 2.14. The quantitative estimate of drug-likeness (QED) is 0.0261. The summed E-state index contributed by atoms with van der Waals surface area (Å²) in [5.74, 6) is -0.944. The molecular formula is C71H116O6. The highest BCUT2D eigenvalue weighted by Gasteiger charge is 2.19. The maximum Gasteiger partial charge on any atom is 0.306 e. The van der Waals surface area contributed by atoms with Crippen molar-refractivity contribution in [2.75, 3.05) is 13.2 Å². The van der Waals surface area contributed by atoms with Gasteiger partial charge in [-0.3, -0.25) is 14.4 Å². The van der Waals surface area contributed by atoms with Crippen molar-refractivity contribution in [3.05, 3.63) is 134 Å². The molecule has 0 aromatic heterocycles. The van der Waals surface area contributed by atoms with Crippen molar-refractivity contribution < 1.29 is 28.6 Å². The second kappa shape index (κ2) is 64.1. The predicted molar refractivity (Wildman–Crippen MR) is 334 cm³/mol. The summed E-state index contributed by atoms with van der Waals surface area (Å²) in [7, 11) is 0. The van der Waals surface area contributed by atoms with Crippen LogP contribution < -0.4 is 0 Å². The number of ether oxygens (including phenoxy) is 3. The summed E-state index contributed by atoms with van der Waals surface area (Å²) in [4.78, 5) is 38.3. The van der Waals surface area contributed by atoms with Crippen molar-refractivity contribution in [3.63, 3.8) is 0 Å². The van der Waals surface area contributed by atoms with Crippen LogP contribution in [0.2, 0.25) is 0 Å². The summed E-state index contributed by atoms with van der Waals surface area (Å²) in [6.45, 7) is 6.44. The zero-order chi connectivity index (χ0) is 55.7. The highest BCUT2D eigenvalue weighted by molar-refractivity contribution is 5.71. The maximum atomic E-state index is 12.9. The van der Waals surface area contributed by atoms with Crippen LogP contribution in [-0.2, 0) is 28.6 Å². The third kappa shape index (κ3) is 62.3. The van der Waals surface area contributed by atoms with Crippen LogP contribution in [-0.4, -0.2) is 37.2 Å². The van der Waals surface area contributed by atoms with E-state index in [9.17, 15) is 14.4 Å². The molecule has 0 aromatic rings. The van der Waals surface area contributed by atoms with Crippen LogP contribution in [0, 0.1) is 0 Å². The fourth-order valence-corrected chi connectivity index (χ4v) is 8.36. The van der Waals surface area contributed by atoms with Gasteiger partial charge in [0.05, 0.1) is 0 Å². The van der Waals surface area contributed by atoms with Crippen LogP contribution in [0.15, 0.2) is 134 Å². The number of carbonyl (C=O) groups is 3. The van der Waals surface area contributed by atoms with Gasteiger partial charge in [0.25, 0.3) is 0 Å². The topological polar surface area (TPSA) is 78.9 Å². The molecule has 0 aromatic carbocycles. The first-order chi connectivity index (χ1) is 38.0. The average Bonchev–Trinajstić information content (AvgIpc) is 3.43. The van der Waals surface area contributed by atoms with E-state index in [4.69, 9.17) is 14.2 Å². The maximum absolute atomic E-state index is 12.9. The minimum atomic E-state index is -0.806. The summed E-state index contributed by atoms with van der Waals surface area (Å²) in [6, 6.07) is 0. The Bertz CT molecular complexity index is 1650. The molecule has 0 heterocycles. The molecule has 0 rings (SSSR count). The largest absolute Gasteiger partial charge is 0.462 e. The smallest absolute Gasteiger partial charge is 0.306 e. The van der Waals surface area contributed by atoms with Gasteiger partial charge in [0, 0.05) is 19.3 Å². The molecule has 77 heavy (non-hydrogen) atoms. The number of carbonyl (C=O) groups excluding carboxylic acids is 3. The summed E-state index contributed by atoms with van der Waals surface area (Å²) < 4.78 is 16.9. The lowest BCUT2D eigenvalue weighted by Crippen LogP contribution is -2.30. The molecule has 0 spiro atoms. The van der Waals surface area contributed by atoms with E-state index in [1.807, 2.05) is 0 Å². The van der Waals surface area contributed by atoms with E-state index in [2.05, 4.69) is 154 Å². The number of allylic oxidation sites excluding steroid dienone is 22. The van der Waals surface area contributed by atoms with Gasteiger partial charge in [-0.15, -0.1) is 0 Å². The molecule has 0 aliphatic rings. The standard InChI is InChI=1S/C71H116O6/c1-4-7-10-13-16-19-22-25-28-31-33-34-35-36-38-40-43-46-49-52-55-58-61-64-70(73)76-67-68(66-75-69(72)63-60-57-54-51-48-45-42-39-30-27-24-21-18-15-12-9-6-3)77-71(74)65-62-59-56-53-50-47-44-41-37-32-29-26-23-20-17-14-11-8-5-2/h7,10,16-21,25-30,33-34,36-38,41,43,46,68H,4-6,8-9,11-15,22-24,31-32,35,39-40,42,44-45,47-67H2,1-3H3/b10-7-,19-16-,20-17-,21-18-,28-25-,29-26-,30-27-,34-33-,38-36-,41-37-,46-43-. The lowest BCUT2D eigenvalue weighted by molar-refractivity contribution is -0.167. The highest BCUT2D eigenvalue weighted by atomic mass is 16.6. The van der Waals surface area contributed by atoms with Crippen molar-refractivity contribution in [1.82, 2.24) is 0 Å². The number of hydrogen-bond donors (Lipinski definition) is 0. The van der Waals surface area contributed by atoms with Gasteiger partial charge in [-0.2, -0.15) is 0 Å². The molecule has 0 fully saturated rings. The van der Waals surface area contributed by atoms with Crippen LogP contribution in [0.4, 0.5) is 0 Å². The second-order valence-corrected chi connectivity index (χ2v) is 20.6. The van der Waals surface area contributed by atoms with Gasteiger partial charge < -0.3 is 14.2 Å². The van der Waals surface area contributed by atoms with Crippen molar-refractivity contribution in [3.8, 4) is 0 Å². The van der Waals surface area contributed by atoms with Gasteiger partial charge >= 0.3 is 17.9 Å². The SMILES string of the molecule is CC/C=C\C/C=C\C/C=C\C/C=C\C/C=C\C/C=C\CCCCCCC(=O)OCC(COC(=O)CCCCCCCCC/C=C\C/C=C\CCCCC)OC(=O)CCCCCCCC/C=C\C/C=C\C/C=C\CCCCC. The Labute approximate surface area is 475 Å². The van der Waals surface area contributed by atoms with Crippen LogP contribution >= 0.6 is 0 Å². The number of unbranched alkanes of at least 4 members (excludes halogenated alkanes) is 23. The number of esters is 3. The molecule has 0 aliphatic carbocycles. The molecule has 0 N–H and O–H groups in total. The molecular weight excluding hydrogens is 949 g/mol. The Kier molecular flexibility index (Phi) is 60.4. The van der Waals surface area contributed by atoms with Crippen molar-refractivity contribution in [2.24, 2.45) is 0 Å². The first-order valence-corrected chi connectivity index (χ1v) is 31.7. The monoisotopic (exact) mass is 1060 g/mol. The van der Waals surface area contributed by atoms with E-state index in [1.54, 1.807) is 0 Å². The second-order valence-electron chi connectivity index (χ2n) is 20.6. The molecule has 1 unspecified atom stereocenters. The zero-order valence-electron chi connectivity index (χ0n) is 49.9. The fraction of sp³-hybridized carbons (Fsp3) is 0.648. The first kappa shape index (κ1) is 72.5. The van der Waals surface area contributed by atoms with E-state index in [1.165, 1.54) is 89.9 Å². The summed E-state index contributed by atoms with van der Waals surface area (Å²) in [5, 5.41) is 0. The lowest BCUT2D eigenvalue weighted by atomic mass is 10.1. The first-order valence-electron chi connectivity index (χ1n) is 31.7. The predicted octanol–water partition coefficient (Wildman–Crippen LogP) is 21.8. The van der Waals surface area contributed by atoms with Gasteiger partial charge in [-0.25, -0.2) is 0 Å². The Morgan fingerprint density at radius 3 is 0.792 bits per heavy atom. The average molecular weight is 1070 g/mol. The molecule has 0 saturated heterocycles. The molecule has 6 heteroatoms. The van der Waals surface area contributed by atoms with Crippen LogP contribution in [0.3, 0.4) is 0 Å². The van der Waals surface area contributed by atoms with Gasteiger partial charge in [0.2, 0.25) is 0 Å². The summed E-state index contributed by atoms with van der Waals surface area (Å²) in [5.41, 5.74) is 0. The van der Waals surface area contributed by atoms with E-state index < -0.39 is 6.10 Å². The molecule has 0 aliphatic heterocycles. The zero-order valence-corrected chi connectivity index (χ0v) is 49.9. The molecule has 436 valence electrons. The minimum absolute atomic E-state index is 0.0998. The van der Waals surface area contributed by atoms with Gasteiger partial charge in [0.1, 0.15) is 13.2 Å². The Morgan fingerprint density at radius 2 is 0.506 bits per heavy atom. The van der Waals surface area contributed by atoms with Crippen molar-refractivity contribution in [2.45, 2.75) is 284 Å². The number of rotatable bonds is 56. The third-order valence-electron chi connectivity index (χ3n) is 13.1. The van der Waals surface area contributed by atoms with E-state index >= 15 is 0 Å². The molecule has 0 amide bonds. The Hall–Kier alpha value is -4.45. The normalized spacial score (nSPS) is 13.0. The number of hydrogen-bond acceptors (Lipinski definition) is 6. The van der Waals surface area contributed by atoms with E-state index in [0.29, 0.717) is 19.3 Å². The van der Waals surface area contributed by atoms with Crippen LogP contribution in [0.25, 0.3) is 0 Å². The summed E-state index contributed by atoms with van der Waals surface area (Å²) >= 11 is 0. The molecule has 0 bridgehead atoms. The lowest BCUT2D eigenvalue weighted by Gasteiger charge is -2.18. The molecule has 1 atom stereocenters. The van der Waals surface area contributed by atoms with Crippen LogP contribution in [0.5, 0.6) is 0 Å². The van der Waals surface area contributed by atoms with Gasteiger partial charge in [0.15, 0.2) is 6.10 Å². The third-order valence-corrected chi connectivity index (χ3v) is 13.1. The fourth-order valence-electron chi connectivity index (χ4n) is 8.36.